The molecule has 1 aliphatic rings. The van der Waals surface area contributed by atoms with Crippen LogP contribution in [0.5, 0.6) is 0 Å². The van der Waals surface area contributed by atoms with E-state index in [9.17, 15) is 14.4 Å². The largest absolute Gasteiger partial charge is 0.460 e. The van der Waals surface area contributed by atoms with Crippen LogP contribution in [0, 0.1) is 0 Å². The maximum Gasteiger partial charge on any atom is 0.307 e. The van der Waals surface area contributed by atoms with Crippen LogP contribution in [0.15, 0.2) is 12.3 Å². The monoisotopic (exact) mass is 286 g/mol. The van der Waals surface area contributed by atoms with Gasteiger partial charge in [0.15, 0.2) is 6.10 Å². The molecule has 20 heavy (non-hydrogen) atoms. The average molecular weight is 286 g/mol. The van der Waals surface area contributed by atoms with Crippen molar-refractivity contribution in [1.29, 1.82) is 0 Å². The lowest BCUT2D eigenvalue weighted by molar-refractivity contribution is -0.181. The highest BCUT2D eigenvalue weighted by molar-refractivity contribution is 5.68. The minimum atomic E-state index is -0.769. The van der Waals surface area contributed by atoms with E-state index >= 15 is 0 Å². The lowest BCUT2D eigenvalue weighted by atomic mass is 10.0. The van der Waals surface area contributed by atoms with Gasteiger partial charge in [0.2, 0.25) is 0 Å². The lowest BCUT2D eigenvalue weighted by Gasteiger charge is -2.35. The van der Waals surface area contributed by atoms with Crippen molar-refractivity contribution >= 4 is 17.9 Å². The third-order valence-corrected chi connectivity index (χ3v) is 2.54. The standard InChI is InChI=1S/C13H18O7/c1-7(18-8(2)14)13-12(20-10(4)16)5-11(6-17-13)19-9(3)15/h11-13H,1,5-6H2,2-4H3/t11-,12+,13-/m0/s1. The Labute approximate surface area is 116 Å². The molecule has 0 aromatic heterocycles. The first-order chi connectivity index (χ1) is 9.29. The van der Waals surface area contributed by atoms with Crippen LogP contribution in [0.4, 0.5) is 0 Å². The smallest absolute Gasteiger partial charge is 0.307 e. The van der Waals surface area contributed by atoms with Crippen molar-refractivity contribution in [2.45, 2.75) is 45.5 Å². The maximum atomic E-state index is 11.1. The predicted octanol–water partition coefficient (Wildman–Crippen LogP) is 0.716. The molecular formula is C13H18O7. The van der Waals surface area contributed by atoms with Gasteiger partial charge in [-0.05, 0) is 0 Å². The van der Waals surface area contributed by atoms with E-state index in [1.54, 1.807) is 0 Å². The SMILES string of the molecule is C=C(OC(C)=O)[C@@H]1OC[C@@H](OC(C)=O)C[C@H]1OC(C)=O. The van der Waals surface area contributed by atoms with Gasteiger partial charge in [-0.25, -0.2) is 0 Å². The predicted molar refractivity (Wildman–Crippen MR) is 66.4 cm³/mol. The summed E-state index contributed by atoms with van der Waals surface area (Å²) in [6.45, 7) is 7.47. The molecule has 112 valence electrons. The Morgan fingerprint density at radius 1 is 1.05 bits per heavy atom. The van der Waals surface area contributed by atoms with Gasteiger partial charge in [0, 0.05) is 27.2 Å². The summed E-state index contributed by atoms with van der Waals surface area (Å²) < 4.78 is 20.4. The van der Waals surface area contributed by atoms with Crippen LogP contribution in [0.25, 0.3) is 0 Å². The van der Waals surface area contributed by atoms with Crippen LogP contribution in [0.2, 0.25) is 0 Å². The van der Waals surface area contributed by atoms with Gasteiger partial charge in [-0.2, -0.15) is 0 Å². The summed E-state index contributed by atoms with van der Waals surface area (Å²) >= 11 is 0. The van der Waals surface area contributed by atoms with E-state index in [-0.39, 0.29) is 18.8 Å². The Hall–Kier alpha value is -1.89. The second-order valence-corrected chi connectivity index (χ2v) is 4.43. The molecule has 0 aromatic carbocycles. The molecule has 0 spiro atoms. The molecule has 3 atom stereocenters. The molecule has 0 N–H and O–H groups in total. The quantitative estimate of drug-likeness (QED) is 0.427. The molecule has 1 saturated heterocycles. The number of carbonyl (C=O) groups excluding carboxylic acids is 3. The number of carbonyl (C=O) groups is 3. The van der Waals surface area contributed by atoms with Crippen LogP contribution < -0.4 is 0 Å². The van der Waals surface area contributed by atoms with Gasteiger partial charge in [0.1, 0.15) is 18.0 Å². The van der Waals surface area contributed by atoms with Crippen molar-refractivity contribution in [3.05, 3.63) is 12.3 Å². The highest BCUT2D eigenvalue weighted by Gasteiger charge is 2.38. The normalized spacial score (nSPS) is 25.4. The summed E-state index contributed by atoms with van der Waals surface area (Å²) in [5.41, 5.74) is 0. The molecule has 1 heterocycles. The minimum absolute atomic E-state index is 0.0602. The van der Waals surface area contributed by atoms with Gasteiger partial charge < -0.3 is 18.9 Å². The molecule has 0 radical (unpaired) electrons. The summed E-state index contributed by atoms with van der Waals surface area (Å²) in [7, 11) is 0. The highest BCUT2D eigenvalue weighted by atomic mass is 16.6. The Morgan fingerprint density at radius 3 is 2.15 bits per heavy atom. The van der Waals surface area contributed by atoms with Crippen molar-refractivity contribution in [3.63, 3.8) is 0 Å². The third-order valence-electron chi connectivity index (χ3n) is 2.54. The Morgan fingerprint density at radius 2 is 1.65 bits per heavy atom. The maximum absolute atomic E-state index is 11.1. The Bertz CT molecular complexity index is 415. The fourth-order valence-electron chi connectivity index (χ4n) is 1.95. The van der Waals surface area contributed by atoms with E-state index in [0.717, 1.165) is 0 Å². The fraction of sp³-hybridized carbons (Fsp3) is 0.615. The fourth-order valence-corrected chi connectivity index (χ4v) is 1.95. The topological polar surface area (TPSA) is 88.1 Å². The number of hydrogen-bond acceptors (Lipinski definition) is 7. The molecule has 7 heteroatoms. The molecule has 0 bridgehead atoms. The van der Waals surface area contributed by atoms with Gasteiger partial charge in [-0.15, -0.1) is 0 Å². The molecule has 0 unspecified atom stereocenters. The molecule has 1 aliphatic heterocycles. The Balaban J connectivity index is 2.73. The van der Waals surface area contributed by atoms with Crippen LogP contribution in [0.1, 0.15) is 27.2 Å². The van der Waals surface area contributed by atoms with E-state index in [2.05, 4.69) is 6.58 Å². The van der Waals surface area contributed by atoms with Gasteiger partial charge in [-0.3, -0.25) is 14.4 Å². The minimum Gasteiger partial charge on any atom is -0.460 e. The first-order valence-electron chi connectivity index (χ1n) is 6.12. The zero-order valence-corrected chi connectivity index (χ0v) is 11.7. The number of ether oxygens (including phenoxy) is 4. The molecule has 1 fully saturated rings. The van der Waals surface area contributed by atoms with Crippen molar-refractivity contribution in [3.8, 4) is 0 Å². The first-order valence-corrected chi connectivity index (χ1v) is 6.12. The van der Waals surface area contributed by atoms with Crippen LogP contribution in [-0.4, -0.2) is 42.8 Å². The van der Waals surface area contributed by atoms with E-state index in [1.165, 1.54) is 20.8 Å². The second kappa shape index (κ2) is 7.04. The van der Waals surface area contributed by atoms with E-state index in [1.807, 2.05) is 0 Å². The summed E-state index contributed by atoms with van der Waals surface area (Å²) in [6.07, 6.45) is -1.75. The molecule has 7 nitrogen and oxygen atoms in total. The van der Waals surface area contributed by atoms with Gasteiger partial charge >= 0.3 is 17.9 Å². The average Bonchev–Trinajstić information content (AvgIpc) is 2.26. The lowest BCUT2D eigenvalue weighted by Crippen LogP contribution is -2.46. The van der Waals surface area contributed by atoms with Gasteiger partial charge in [-0.1, -0.05) is 6.58 Å². The zero-order chi connectivity index (χ0) is 15.3. The summed E-state index contributed by atoms with van der Waals surface area (Å²) in [5, 5.41) is 0. The first kappa shape index (κ1) is 16.2. The summed E-state index contributed by atoms with van der Waals surface area (Å²) in [5.74, 6) is -1.44. The van der Waals surface area contributed by atoms with Crippen LogP contribution in [0.3, 0.4) is 0 Å². The van der Waals surface area contributed by atoms with E-state index in [4.69, 9.17) is 18.9 Å². The molecule has 0 aromatic rings. The van der Waals surface area contributed by atoms with Crippen molar-refractivity contribution in [1.82, 2.24) is 0 Å². The number of rotatable bonds is 4. The van der Waals surface area contributed by atoms with E-state index in [0.29, 0.717) is 0 Å². The van der Waals surface area contributed by atoms with Gasteiger partial charge in [0.05, 0.1) is 6.61 Å². The number of esters is 3. The molecule has 0 aliphatic carbocycles. The Kier molecular flexibility index (Phi) is 5.69. The molecule has 1 rings (SSSR count). The summed E-state index contributed by atoms with van der Waals surface area (Å²) in [4.78, 5) is 33.0. The van der Waals surface area contributed by atoms with Crippen molar-refractivity contribution in [2.75, 3.05) is 6.61 Å². The van der Waals surface area contributed by atoms with Crippen LogP contribution in [-0.2, 0) is 33.3 Å². The zero-order valence-electron chi connectivity index (χ0n) is 11.7. The van der Waals surface area contributed by atoms with Crippen molar-refractivity contribution < 1.29 is 33.3 Å². The second-order valence-electron chi connectivity index (χ2n) is 4.43. The van der Waals surface area contributed by atoms with E-state index < -0.39 is 36.2 Å². The van der Waals surface area contributed by atoms with Gasteiger partial charge in [0.25, 0.3) is 0 Å². The third kappa shape index (κ3) is 5.00. The number of hydrogen-bond donors (Lipinski definition) is 0. The highest BCUT2D eigenvalue weighted by Crippen LogP contribution is 2.25. The molecule has 0 amide bonds. The molecule has 0 saturated carbocycles. The molecular weight excluding hydrogens is 268 g/mol. The van der Waals surface area contributed by atoms with Crippen molar-refractivity contribution in [2.24, 2.45) is 0 Å². The van der Waals surface area contributed by atoms with Crippen LogP contribution >= 0.6 is 0 Å². The summed E-state index contributed by atoms with van der Waals surface area (Å²) in [6, 6.07) is 0.